The molecule has 0 aliphatic rings. The van der Waals surface area contributed by atoms with Gasteiger partial charge in [0, 0.05) is 11.1 Å². The van der Waals surface area contributed by atoms with Crippen molar-refractivity contribution in [1.29, 1.82) is 0 Å². The Labute approximate surface area is 150 Å². The summed E-state index contributed by atoms with van der Waals surface area (Å²) in [6.07, 6.45) is 2.90. The summed E-state index contributed by atoms with van der Waals surface area (Å²) in [6, 6.07) is 12.7. The molecule has 132 valence electrons. The third-order valence-corrected chi connectivity index (χ3v) is 4.17. The summed E-state index contributed by atoms with van der Waals surface area (Å²) >= 11 is 5.85. The van der Waals surface area contributed by atoms with Gasteiger partial charge in [0.05, 0.1) is 4.90 Å². The molecule has 0 aromatic heterocycles. The van der Waals surface area contributed by atoms with Crippen LogP contribution in [0.1, 0.15) is 5.56 Å². The topological polar surface area (TPSA) is 95.7 Å². The van der Waals surface area contributed by atoms with Crippen molar-refractivity contribution in [3.05, 3.63) is 65.2 Å². The SMILES string of the molecule is NS(=O)(=O)c1ccc(OCCOC(=O)/C=C/c2cccc(Cl)c2)cc1. The fraction of sp³-hybridized carbons (Fsp3) is 0.118. The van der Waals surface area contributed by atoms with Crippen molar-refractivity contribution in [1.82, 2.24) is 0 Å². The van der Waals surface area contributed by atoms with Gasteiger partial charge in [0.15, 0.2) is 0 Å². The zero-order valence-electron chi connectivity index (χ0n) is 13.1. The van der Waals surface area contributed by atoms with Crippen LogP contribution in [0.2, 0.25) is 5.02 Å². The summed E-state index contributed by atoms with van der Waals surface area (Å²) < 4.78 is 32.6. The highest BCUT2D eigenvalue weighted by Gasteiger charge is 2.07. The number of carbonyl (C=O) groups is 1. The molecule has 0 amide bonds. The highest BCUT2D eigenvalue weighted by Crippen LogP contribution is 2.15. The van der Waals surface area contributed by atoms with Crippen molar-refractivity contribution in [2.45, 2.75) is 4.90 Å². The molecule has 2 aromatic carbocycles. The Hall–Kier alpha value is -2.35. The second-order valence-electron chi connectivity index (χ2n) is 4.92. The van der Waals surface area contributed by atoms with Crippen LogP contribution in [-0.4, -0.2) is 27.6 Å². The normalized spacial score (nSPS) is 11.4. The molecular weight excluding hydrogens is 366 g/mol. The number of sulfonamides is 1. The third kappa shape index (κ3) is 6.58. The monoisotopic (exact) mass is 381 g/mol. The Morgan fingerprint density at radius 1 is 1.12 bits per heavy atom. The number of carbonyl (C=O) groups excluding carboxylic acids is 1. The van der Waals surface area contributed by atoms with Crippen LogP contribution in [0, 0.1) is 0 Å². The van der Waals surface area contributed by atoms with Crippen molar-refractivity contribution in [2.24, 2.45) is 5.14 Å². The van der Waals surface area contributed by atoms with Gasteiger partial charge in [-0.05, 0) is 48.0 Å². The molecule has 0 radical (unpaired) electrons. The number of rotatable bonds is 7. The summed E-state index contributed by atoms with van der Waals surface area (Å²) in [4.78, 5) is 11.6. The molecule has 0 aliphatic carbocycles. The average molecular weight is 382 g/mol. The minimum atomic E-state index is -3.73. The number of halogens is 1. The molecule has 0 spiro atoms. The third-order valence-electron chi connectivity index (χ3n) is 3.01. The summed E-state index contributed by atoms with van der Waals surface area (Å²) in [5.74, 6) is -0.0638. The first-order chi connectivity index (χ1) is 11.8. The quantitative estimate of drug-likeness (QED) is 0.452. The fourth-order valence-electron chi connectivity index (χ4n) is 1.85. The van der Waals surface area contributed by atoms with Crippen molar-refractivity contribution >= 4 is 33.7 Å². The van der Waals surface area contributed by atoms with Crippen LogP contribution in [0.3, 0.4) is 0 Å². The molecule has 2 N–H and O–H groups in total. The molecule has 0 saturated heterocycles. The van der Waals surface area contributed by atoms with E-state index < -0.39 is 16.0 Å². The van der Waals surface area contributed by atoms with Gasteiger partial charge >= 0.3 is 5.97 Å². The molecule has 0 unspecified atom stereocenters. The minimum Gasteiger partial charge on any atom is -0.490 e. The van der Waals surface area contributed by atoms with Gasteiger partial charge in [0.25, 0.3) is 0 Å². The molecule has 0 atom stereocenters. The highest BCUT2D eigenvalue weighted by molar-refractivity contribution is 7.89. The highest BCUT2D eigenvalue weighted by atomic mass is 35.5. The predicted molar refractivity (Wildman–Crippen MR) is 94.8 cm³/mol. The molecule has 0 heterocycles. The number of hydrogen-bond acceptors (Lipinski definition) is 5. The van der Waals surface area contributed by atoms with Crippen LogP contribution < -0.4 is 9.88 Å². The van der Waals surface area contributed by atoms with E-state index in [1.807, 2.05) is 6.07 Å². The molecule has 0 bridgehead atoms. The Bertz CT molecular complexity index is 863. The number of hydrogen-bond donors (Lipinski definition) is 1. The van der Waals surface area contributed by atoms with Crippen LogP contribution in [0.5, 0.6) is 5.75 Å². The largest absolute Gasteiger partial charge is 0.490 e. The number of esters is 1. The smallest absolute Gasteiger partial charge is 0.330 e. The second kappa shape index (κ2) is 8.66. The van der Waals surface area contributed by atoms with E-state index in [1.165, 1.54) is 30.3 Å². The molecule has 6 nitrogen and oxygen atoms in total. The summed E-state index contributed by atoms with van der Waals surface area (Å²) in [5.41, 5.74) is 0.788. The fourth-order valence-corrected chi connectivity index (χ4v) is 2.56. The number of ether oxygens (including phenoxy) is 2. The minimum absolute atomic E-state index is 0.00238. The first-order valence-corrected chi connectivity index (χ1v) is 9.13. The molecule has 0 saturated carbocycles. The Balaban J connectivity index is 1.74. The maximum atomic E-state index is 11.6. The first-order valence-electron chi connectivity index (χ1n) is 7.21. The summed E-state index contributed by atoms with van der Waals surface area (Å²) in [5, 5.41) is 5.58. The van der Waals surface area contributed by atoms with Crippen LogP contribution >= 0.6 is 11.6 Å². The van der Waals surface area contributed by atoms with E-state index in [4.69, 9.17) is 26.2 Å². The Morgan fingerprint density at radius 3 is 2.48 bits per heavy atom. The van der Waals surface area contributed by atoms with Gasteiger partial charge in [-0.15, -0.1) is 0 Å². The van der Waals surface area contributed by atoms with Gasteiger partial charge in [-0.3, -0.25) is 0 Å². The van der Waals surface area contributed by atoms with E-state index in [-0.39, 0.29) is 18.1 Å². The van der Waals surface area contributed by atoms with Gasteiger partial charge in [-0.25, -0.2) is 18.4 Å². The average Bonchev–Trinajstić information content (AvgIpc) is 2.57. The Morgan fingerprint density at radius 2 is 1.84 bits per heavy atom. The number of primary sulfonamides is 1. The lowest BCUT2D eigenvalue weighted by Crippen LogP contribution is -2.12. The lowest BCUT2D eigenvalue weighted by Gasteiger charge is -2.07. The lowest BCUT2D eigenvalue weighted by molar-refractivity contribution is -0.138. The van der Waals surface area contributed by atoms with Gasteiger partial charge in [0.1, 0.15) is 19.0 Å². The van der Waals surface area contributed by atoms with Crippen LogP contribution in [0.15, 0.2) is 59.5 Å². The van der Waals surface area contributed by atoms with Crippen molar-refractivity contribution in [2.75, 3.05) is 13.2 Å². The molecule has 0 aliphatic heterocycles. The zero-order valence-corrected chi connectivity index (χ0v) is 14.7. The van der Waals surface area contributed by atoms with Gasteiger partial charge in [-0.1, -0.05) is 23.7 Å². The van der Waals surface area contributed by atoms with Gasteiger partial charge < -0.3 is 9.47 Å². The first kappa shape index (κ1) is 19.0. The van der Waals surface area contributed by atoms with Crippen LogP contribution in [-0.2, 0) is 19.6 Å². The van der Waals surface area contributed by atoms with E-state index >= 15 is 0 Å². The van der Waals surface area contributed by atoms with Crippen molar-refractivity contribution < 1.29 is 22.7 Å². The van der Waals surface area contributed by atoms with E-state index in [0.29, 0.717) is 10.8 Å². The molecule has 2 aromatic rings. The molecule has 2 rings (SSSR count). The summed E-state index contributed by atoms with van der Waals surface area (Å²) in [7, 11) is -3.73. The second-order valence-corrected chi connectivity index (χ2v) is 6.92. The standard InChI is InChI=1S/C17H16ClNO5S/c18-14-3-1-2-13(12-14)4-9-17(20)24-11-10-23-15-5-7-16(8-6-15)25(19,21)22/h1-9,12H,10-11H2,(H2,19,21,22)/b9-4+. The Kier molecular flexibility index (Phi) is 6.58. The molecule has 8 heteroatoms. The van der Waals surface area contributed by atoms with E-state index in [2.05, 4.69) is 0 Å². The van der Waals surface area contributed by atoms with Gasteiger partial charge in [-0.2, -0.15) is 0 Å². The molecular formula is C17H16ClNO5S. The predicted octanol–water partition coefficient (Wildman–Crippen LogP) is 2.62. The maximum absolute atomic E-state index is 11.6. The van der Waals surface area contributed by atoms with Crippen LogP contribution in [0.4, 0.5) is 0 Å². The number of benzene rings is 2. The van der Waals surface area contributed by atoms with E-state index in [0.717, 1.165) is 5.56 Å². The van der Waals surface area contributed by atoms with E-state index in [9.17, 15) is 13.2 Å². The zero-order chi connectivity index (χ0) is 18.3. The molecule has 0 fully saturated rings. The maximum Gasteiger partial charge on any atom is 0.330 e. The number of nitrogens with two attached hydrogens (primary N) is 1. The molecule has 25 heavy (non-hydrogen) atoms. The summed E-state index contributed by atoms with van der Waals surface area (Å²) in [6.45, 7) is 0.182. The lowest BCUT2D eigenvalue weighted by atomic mass is 10.2. The van der Waals surface area contributed by atoms with Crippen molar-refractivity contribution in [3.63, 3.8) is 0 Å². The van der Waals surface area contributed by atoms with Crippen molar-refractivity contribution in [3.8, 4) is 5.75 Å². The van der Waals surface area contributed by atoms with Crippen LogP contribution in [0.25, 0.3) is 6.08 Å². The van der Waals surface area contributed by atoms with Gasteiger partial charge in [0.2, 0.25) is 10.0 Å². The van der Waals surface area contributed by atoms with E-state index in [1.54, 1.807) is 24.3 Å².